The summed E-state index contributed by atoms with van der Waals surface area (Å²) in [5, 5.41) is 0. The van der Waals surface area contributed by atoms with E-state index in [1.54, 1.807) is 0 Å². The topological polar surface area (TPSA) is 314 Å². The van der Waals surface area contributed by atoms with E-state index in [0.29, 0.717) is 0 Å². The van der Waals surface area contributed by atoms with E-state index in [-0.39, 0.29) is 77.9 Å². The fraction of sp³-hybridized carbons (Fsp3) is 1.00. The quantitative estimate of drug-likeness (QED) is 0.189. The van der Waals surface area contributed by atoms with Gasteiger partial charge in [-0.3, -0.25) is 17.8 Å². The fourth-order valence-corrected chi connectivity index (χ4v) is 5.53. The van der Waals surface area contributed by atoms with Crippen LogP contribution in [0.15, 0.2) is 0 Å². The number of hydrogen-bond donors (Lipinski definition) is 3. The molecule has 34 heavy (non-hydrogen) atoms. The molecule has 0 amide bonds. The Kier molecular flexibility index (Phi) is 44.3. The average molecular weight is 647 g/mol. The fourth-order valence-electron chi connectivity index (χ4n) is 0.615. The molecule has 0 aliphatic carbocycles. The van der Waals surface area contributed by atoms with Crippen LogP contribution in [0.2, 0.25) is 0 Å². The Morgan fingerprint density at radius 2 is 0.853 bits per heavy atom. The van der Waals surface area contributed by atoms with Crippen molar-refractivity contribution >= 4 is 88.9 Å². The molecule has 7 N–H and O–H groups in total. The van der Waals surface area contributed by atoms with Gasteiger partial charge in [-0.2, -0.15) is 0 Å². The van der Waals surface area contributed by atoms with Gasteiger partial charge in [0.05, 0.1) is 0 Å². The van der Waals surface area contributed by atoms with Crippen LogP contribution in [0, 0.1) is 0 Å². The molecule has 0 spiro atoms. The van der Waals surface area contributed by atoms with E-state index in [2.05, 4.69) is 8.62 Å². The van der Waals surface area contributed by atoms with E-state index in [1.807, 2.05) is 0 Å². The molecule has 0 aromatic rings. The Morgan fingerprint density at radius 3 is 1.00 bits per heavy atom. The van der Waals surface area contributed by atoms with Crippen LogP contribution in [0.5, 0.6) is 0 Å². The summed E-state index contributed by atoms with van der Waals surface area (Å²) in [6, 6.07) is 0. The number of rotatable bonds is 9. The minimum atomic E-state index is -4.14. The van der Waals surface area contributed by atoms with Crippen molar-refractivity contribution in [3.8, 4) is 0 Å². The van der Waals surface area contributed by atoms with E-state index in [1.165, 1.54) is 50.8 Å². The van der Waals surface area contributed by atoms with Crippen molar-refractivity contribution in [3.05, 3.63) is 0 Å². The Labute approximate surface area is 230 Å². The average Bonchev–Trinajstić information content (AvgIpc) is 2.62. The van der Waals surface area contributed by atoms with Crippen LogP contribution in [0.4, 0.5) is 0 Å². The van der Waals surface area contributed by atoms with Gasteiger partial charge >= 0.3 is 52.6 Å². The second-order valence-corrected chi connectivity index (χ2v) is 15.6. The van der Waals surface area contributed by atoms with Gasteiger partial charge in [0.25, 0.3) is 0 Å². The molecule has 0 rings (SSSR count). The van der Waals surface area contributed by atoms with E-state index in [9.17, 15) is 37.5 Å². The number of hydrogen-bond acceptors (Lipinski definition) is 11. The zero-order valence-electron chi connectivity index (χ0n) is 19.3. The van der Waals surface area contributed by atoms with Gasteiger partial charge in [-0.05, 0) is 0 Å². The van der Waals surface area contributed by atoms with Crippen LogP contribution >= 0.6 is 38.0 Å². The summed E-state index contributed by atoms with van der Waals surface area (Å²) in [6.07, 6.45) is -1.14. The molecule has 0 fully saturated rings. The second kappa shape index (κ2) is 26.7. The van der Waals surface area contributed by atoms with Gasteiger partial charge in [-0.25, -0.2) is 0 Å². The van der Waals surface area contributed by atoms with Gasteiger partial charge in [-0.1, -0.05) is 34.6 Å². The predicted molar refractivity (Wildman–Crippen MR) is 127 cm³/mol. The molecule has 0 aliphatic rings. The zero-order valence-corrected chi connectivity index (χ0v) is 27.3. The minimum absolute atomic E-state index is 0. The third kappa shape index (κ3) is 44.2. The third-order valence-electron chi connectivity index (χ3n) is 2.47. The first-order chi connectivity index (χ1) is 13.2. The molecule has 204 valence electrons. The van der Waals surface area contributed by atoms with Gasteiger partial charge in [0, 0.05) is 49.6 Å². The summed E-state index contributed by atoms with van der Waals surface area (Å²) in [6.45, 7) is 6.83. The van der Waals surface area contributed by atoms with Gasteiger partial charge in [0.15, 0.2) is 0 Å². The van der Waals surface area contributed by atoms with E-state index < -0.39 is 38.0 Å². The molecule has 4 atom stereocenters. The van der Waals surface area contributed by atoms with Crippen molar-refractivity contribution in [2.45, 2.75) is 34.6 Å². The van der Waals surface area contributed by atoms with Crippen molar-refractivity contribution in [3.63, 3.8) is 0 Å². The molecular formula is C10H34Al3O16P5. The van der Waals surface area contributed by atoms with Crippen LogP contribution in [0.3, 0.4) is 0 Å². The van der Waals surface area contributed by atoms with Gasteiger partial charge in [0.2, 0.25) is 0 Å². The maximum absolute atomic E-state index is 10.7. The third-order valence-corrected chi connectivity index (χ3v) is 10.4. The Morgan fingerprint density at radius 1 is 0.647 bits per heavy atom. The summed E-state index contributed by atoms with van der Waals surface area (Å²) in [7, 11) is -19.9. The summed E-state index contributed by atoms with van der Waals surface area (Å²) < 4.78 is 68.4. The summed E-state index contributed by atoms with van der Waals surface area (Å²) in [4.78, 5) is 56.5. The van der Waals surface area contributed by atoms with Crippen molar-refractivity contribution in [1.29, 1.82) is 0 Å². The van der Waals surface area contributed by atoms with E-state index in [4.69, 9.17) is 18.5 Å². The van der Waals surface area contributed by atoms with Gasteiger partial charge in [0.1, 0.15) is 22.8 Å². The molecular weight excluding hydrogens is 612 g/mol. The van der Waals surface area contributed by atoms with Crippen LogP contribution in [-0.4, -0.2) is 107 Å². The summed E-state index contributed by atoms with van der Waals surface area (Å²) >= 11 is 1.17. The molecule has 0 saturated carbocycles. The maximum atomic E-state index is 10.7. The summed E-state index contributed by atoms with van der Waals surface area (Å²) in [5.41, 5.74) is 0. The van der Waals surface area contributed by atoms with E-state index >= 15 is 0 Å². The van der Waals surface area contributed by atoms with Crippen molar-refractivity contribution < 1.29 is 77.0 Å². The molecule has 0 heterocycles. The monoisotopic (exact) mass is 647 g/mol. The Hall–Kier alpha value is 2.15. The molecule has 24 heteroatoms. The molecule has 0 saturated heterocycles. The van der Waals surface area contributed by atoms with Crippen LogP contribution in [0.25, 0.3) is 0 Å². The normalized spacial score (nSPS) is 16.5. The molecule has 0 bridgehead atoms. The second-order valence-electron chi connectivity index (χ2n) is 4.88. The van der Waals surface area contributed by atoms with Crippen molar-refractivity contribution in [1.82, 2.24) is 0 Å². The Balaban J connectivity index is -0.0000000385. The molecule has 0 aromatic heterocycles. The molecule has 4 unspecified atom stereocenters. The van der Waals surface area contributed by atoms with Crippen molar-refractivity contribution in [2.24, 2.45) is 0 Å². The zero-order chi connectivity index (χ0) is 25.4. The summed E-state index contributed by atoms with van der Waals surface area (Å²) in [5.74, 6) is 0. The SMILES string of the molecule is CCP(=O)(O)O.CCP(=O)([O-])OP(=O)(O)CC.CCP(=O)([O-])OP(=O)([O-])CC.O.O.[2HH].[Al+3].[Al].[O]=[Al]. The molecule has 0 aromatic carbocycles. The molecule has 0 aliphatic heterocycles. The van der Waals surface area contributed by atoms with Crippen LogP contribution in [-0.2, 0) is 35.2 Å². The first-order valence-corrected chi connectivity index (χ1v) is 17.4. The standard InChI is InChI=1S/2C4H12O5P2.C2H7O3P.3Al.2H2O.O.H2/c2*1-3-10(5,6)9-11(7,8)4-2;1-2-6(3,4)5;;;;;;;/h2*3-4H2,1-2H3,(H,5,6)(H,7,8);2H2,1H3,(H2,3,4,5);;;;2*1H2;;1H/q;;;;;+3;;;;/p-3/i;;;;;;;;;1+1. The predicted octanol–water partition coefficient (Wildman–Crippen LogP) is -1.55. The van der Waals surface area contributed by atoms with Gasteiger partial charge < -0.3 is 54.0 Å². The Bertz CT molecular complexity index is 619. The van der Waals surface area contributed by atoms with Crippen LogP contribution < -0.4 is 14.7 Å². The van der Waals surface area contributed by atoms with Crippen LogP contribution in [0.1, 0.15) is 36.0 Å². The van der Waals surface area contributed by atoms with E-state index in [0.717, 1.165) is 0 Å². The first kappa shape index (κ1) is 56.4. The first-order valence-electron chi connectivity index (χ1n) is 8.14. The molecule has 16 nitrogen and oxygen atoms in total. The van der Waals surface area contributed by atoms with Gasteiger partial charge in [-0.15, -0.1) is 0 Å². The molecule has 4 radical (unpaired) electrons. The van der Waals surface area contributed by atoms with Crippen molar-refractivity contribution in [2.75, 3.05) is 30.8 Å².